The molecule has 1 atom stereocenters. The van der Waals surface area contributed by atoms with Gasteiger partial charge >= 0.3 is 0 Å². The van der Waals surface area contributed by atoms with E-state index in [-0.39, 0.29) is 5.78 Å². The number of aromatic nitrogens is 1. The van der Waals surface area contributed by atoms with Crippen molar-refractivity contribution < 1.29 is 4.79 Å². The average Bonchev–Trinajstić information content (AvgIpc) is 2.39. The number of pyridine rings is 1. The van der Waals surface area contributed by atoms with Crippen molar-refractivity contribution in [1.29, 1.82) is 0 Å². The van der Waals surface area contributed by atoms with Gasteiger partial charge in [0.25, 0.3) is 0 Å². The molecule has 92 valence electrons. The van der Waals surface area contributed by atoms with Gasteiger partial charge in [0.05, 0.1) is 11.9 Å². The minimum absolute atomic E-state index is 0.110. The van der Waals surface area contributed by atoms with Crippen molar-refractivity contribution >= 4 is 23.2 Å². The first-order valence-corrected chi connectivity index (χ1v) is 7.21. The summed E-state index contributed by atoms with van der Waals surface area (Å²) in [6.45, 7) is 5.16. The van der Waals surface area contributed by atoms with Crippen molar-refractivity contribution in [2.75, 3.05) is 23.0 Å². The van der Waals surface area contributed by atoms with Crippen LogP contribution in [-0.4, -0.2) is 34.9 Å². The topological polar surface area (TPSA) is 33.2 Å². The Morgan fingerprint density at radius 3 is 3.00 bits per heavy atom. The predicted molar refractivity (Wildman–Crippen MR) is 73.0 cm³/mol. The van der Waals surface area contributed by atoms with E-state index in [1.165, 1.54) is 5.75 Å². The van der Waals surface area contributed by atoms with Crippen LogP contribution in [0.3, 0.4) is 0 Å². The van der Waals surface area contributed by atoms with Crippen LogP contribution >= 0.6 is 11.8 Å². The summed E-state index contributed by atoms with van der Waals surface area (Å²) in [6, 6.07) is 4.40. The molecular formula is C13H18N2OS. The summed E-state index contributed by atoms with van der Waals surface area (Å²) >= 11 is 2.00. The van der Waals surface area contributed by atoms with E-state index in [0.717, 1.165) is 18.0 Å². The van der Waals surface area contributed by atoms with Crippen molar-refractivity contribution in [3.05, 3.63) is 24.0 Å². The smallest absolute Gasteiger partial charge is 0.180 e. The summed E-state index contributed by atoms with van der Waals surface area (Å²) in [5, 5.41) is 0. The molecule has 0 spiro atoms. The third-order valence-corrected chi connectivity index (χ3v) is 4.24. The molecule has 0 amide bonds. The molecule has 1 aliphatic rings. The highest BCUT2D eigenvalue weighted by atomic mass is 32.2. The monoisotopic (exact) mass is 250 g/mol. The molecule has 4 heteroatoms. The summed E-state index contributed by atoms with van der Waals surface area (Å²) in [4.78, 5) is 18.1. The van der Waals surface area contributed by atoms with Crippen LogP contribution in [0.2, 0.25) is 0 Å². The zero-order valence-corrected chi connectivity index (χ0v) is 11.2. The lowest BCUT2D eigenvalue weighted by molar-refractivity contribution is 0.0983. The molecule has 1 fully saturated rings. The summed E-state index contributed by atoms with van der Waals surface area (Å²) < 4.78 is 0. The van der Waals surface area contributed by atoms with Gasteiger partial charge in [0.2, 0.25) is 0 Å². The second-order valence-corrected chi connectivity index (χ2v) is 5.45. The highest BCUT2D eigenvalue weighted by molar-refractivity contribution is 7.99. The lowest BCUT2D eigenvalue weighted by Crippen LogP contribution is -2.40. The molecule has 1 aliphatic heterocycles. The van der Waals surface area contributed by atoms with E-state index >= 15 is 0 Å². The summed E-state index contributed by atoms with van der Waals surface area (Å²) in [6.07, 6.45) is 2.35. The Balaban J connectivity index is 2.14. The molecule has 1 aromatic rings. The minimum atomic E-state index is 0.110. The van der Waals surface area contributed by atoms with Crippen molar-refractivity contribution in [2.24, 2.45) is 0 Å². The van der Waals surface area contributed by atoms with Crippen LogP contribution in [0.4, 0.5) is 5.69 Å². The molecule has 17 heavy (non-hydrogen) atoms. The number of nitrogens with zero attached hydrogens (tertiary/aromatic N) is 2. The van der Waals surface area contributed by atoms with Crippen molar-refractivity contribution in [2.45, 2.75) is 26.3 Å². The van der Waals surface area contributed by atoms with E-state index in [1.54, 1.807) is 0 Å². The largest absolute Gasteiger partial charge is 0.366 e. The van der Waals surface area contributed by atoms with Crippen LogP contribution in [0, 0.1) is 0 Å². The van der Waals surface area contributed by atoms with Crippen molar-refractivity contribution in [1.82, 2.24) is 4.98 Å². The first-order valence-electron chi connectivity index (χ1n) is 6.06. The Morgan fingerprint density at radius 2 is 2.41 bits per heavy atom. The van der Waals surface area contributed by atoms with Crippen LogP contribution < -0.4 is 4.90 Å². The van der Waals surface area contributed by atoms with E-state index in [0.29, 0.717) is 18.2 Å². The molecule has 1 aromatic heterocycles. The van der Waals surface area contributed by atoms with Gasteiger partial charge in [-0.05, 0) is 19.1 Å². The Hall–Kier alpha value is -1.03. The van der Waals surface area contributed by atoms with Gasteiger partial charge in [-0.25, -0.2) is 0 Å². The molecule has 0 bridgehead atoms. The predicted octanol–water partition coefficient (Wildman–Crippen LogP) is 2.62. The van der Waals surface area contributed by atoms with Gasteiger partial charge in [-0.2, -0.15) is 11.8 Å². The molecule has 1 unspecified atom stereocenters. The molecule has 0 aromatic carbocycles. The SMILES string of the molecule is CCC(=O)c1ccc(N2CCSCC2C)cn1. The number of carbonyl (C=O) groups is 1. The van der Waals surface area contributed by atoms with E-state index in [9.17, 15) is 4.79 Å². The highest BCUT2D eigenvalue weighted by Gasteiger charge is 2.19. The quantitative estimate of drug-likeness (QED) is 0.772. The Morgan fingerprint density at radius 1 is 1.59 bits per heavy atom. The normalized spacial score (nSPS) is 20.4. The maximum atomic E-state index is 11.5. The maximum absolute atomic E-state index is 11.5. The van der Waals surface area contributed by atoms with Gasteiger partial charge in [0, 0.05) is 30.5 Å². The standard InChI is InChI=1S/C13H18N2OS/c1-3-13(16)12-5-4-11(8-14-12)15-6-7-17-9-10(15)2/h4-5,8,10H,3,6-7,9H2,1-2H3. The molecule has 0 N–H and O–H groups in total. The zero-order chi connectivity index (χ0) is 12.3. The van der Waals surface area contributed by atoms with Gasteiger partial charge in [0.15, 0.2) is 5.78 Å². The van der Waals surface area contributed by atoms with Gasteiger partial charge in [-0.1, -0.05) is 6.92 Å². The minimum Gasteiger partial charge on any atom is -0.366 e. The number of rotatable bonds is 3. The Bertz CT molecular complexity index is 391. The number of hydrogen-bond donors (Lipinski definition) is 0. The van der Waals surface area contributed by atoms with Crippen LogP contribution in [0.15, 0.2) is 18.3 Å². The first kappa shape index (κ1) is 12.4. The van der Waals surface area contributed by atoms with Gasteiger partial charge in [-0.3, -0.25) is 9.78 Å². The second kappa shape index (κ2) is 5.54. The fourth-order valence-corrected chi connectivity index (χ4v) is 3.03. The van der Waals surface area contributed by atoms with Crippen LogP contribution in [0.25, 0.3) is 0 Å². The summed E-state index contributed by atoms with van der Waals surface area (Å²) in [7, 11) is 0. The molecule has 1 saturated heterocycles. The molecular weight excluding hydrogens is 232 g/mol. The average molecular weight is 250 g/mol. The third-order valence-electron chi connectivity index (χ3n) is 3.05. The second-order valence-electron chi connectivity index (χ2n) is 4.30. The first-order chi connectivity index (χ1) is 8.22. The van der Waals surface area contributed by atoms with Gasteiger partial charge < -0.3 is 4.90 Å². The molecule has 2 rings (SSSR count). The lowest BCUT2D eigenvalue weighted by Gasteiger charge is -2.34. The van der Waals surface area contributed by atoms with Crippen LogP contribution in [0.1, 0.15) is 30.8 Å². The van der Waals surface area contributed by atoms with E-state index in [4.69, 9.17) is 0 Å². The molecule has 2 heterocycles. The fraction of sp³-hybridized carbons (Fsp3) is 0.538. The molecule has 3 nitrogen and oxygen atoms in total. The number of ketones is 1. The maximum Gasteiger partial charge on any atom is 0.180 e. The number of Topliss-reactive ketones (excluding diaryl/α,β-unsaturated/α-hetero) is 1. The summed E-state index contributed by atoms with van der Waals surface area (Å²) in [5.41, 5.74) is 1.71. The van der Waals surface area contributed by atoms with E-state index < -0.39 is 0 Å². The zero-order valence-electron chi connectivity index (χ0n) is 10.3. The Kier molecular flexibility index (Phi) is 4.05. The highest BCUT2D eigenvalue weighted by Crippen LogP contribution is 2.23. The van der Waals surface area contributed by atoms with Crippen LogP contribution in [0.5, 0.6) is 0 Å². The molecule has 0 radical (unpaired) electrons. The van der Waals surface area contributed by atoms with Gasteiger partial charge in [0.1, 0.15) is 5.69 Å². The van der Waals surface area contributed by atoms with Gasteiger partial charge in [-0.15, -0.1) is 0 Å². The molecule has 0 aliphatic carbocycles. The lowest BCUT2D eigenvalue weighted by atomic mass is 10.2. The fourth-order valence-electron chi connectivity index (χ4n) is 2.01. The molecule has 0 saturated carbocycles. The van der Waals surface area contributed by atoms with E-state index in [1.807, 2.05) is 37.0 Å². The number of hydrogen-bond acceptors (Lipinski definition) is 4. The third kappa shape index (κ3) is 2.80. The van der Waals surface area contributed by atoms with Crippen LogP contribution in [-0.2, 0) is 0 Å². The van der Waals surface area contributed by atoms with Crippen molar-refractivity contribution in [3.63, 3.8) is 0 Å². The number of anilines is 1. The number of thioether (sulfide) groups is 1. The van der Waals surface area contributed by atoms with E-state index in [2.05, 4.69) is 16.8 Å². The van der Waals surface area contributed by atoms with Crippen molar-refractivity contribution in [3.8, 4) is 0 Å². The number of carbonyl (C=O) groups excluding carboxylic acids is 1. The Labute approximate surface area is 107 Å². The summed E-state index contributed by atoms with van der Waals surface area (Å²) in [5.74, 6) is 2.44.